The van der Waals surface area contributed by atoms with Gasteiger partial charge in [-0.05, 0) is 50.4 Å². The number of carbonyl (C=O) groups is 2. The number of carboxylic acids is 1. The van der Waals surface area contributed by atoms with Crippen molar-refractivity contribution in [2.45, 2.75) is 55.6 Å². The molecule has 2 aliphatic carbocycles. The molecule has 0 aliphatic heterocycles. The van der Waals surface area contributed by atoms with Gasteiger partial charge in [-0.15, -0.1) is 0 Å². The Kier molecular flexibility index (Phi) is 5.83. The number of likely N-dealkylation sites (N-methyl/N-ethyl adjacent to an activating group) is 1. The number of carboxylic acid groups (broad SMARTS) is 1. The summed E-state index contributed by atoms with van der Waals surface area (Å²) < 4.78 is 27.2. The van der Waals surface area contributed by atoms with Crippen LogP contribution in [0.3, 0.4) is 0 Å². The average Bonchev–Trinajstić information content (AvgIpc) is 3.39. The second-order valence-corrected chi connectivity index (χ2v) is 8.89. The quantitative estimate of drug-likeness (QED) is 0.569. The third-order valence-electron chi connectivity index (χ3n) is 5.02. The molecule has 0 saturated heterocycles. The van der Waals surface area contributed by atoms with Crippen LogP contribution in [0, 0.1) is 0 Å². The summed E-state index contributed by atoms with van der Waals surface area (Å²) in [5.41, 5.74) is 0.301. The Labute approximate surface area is 159 Å². The van der Waals surface area contributed by atoms with E-state index in [1.165, 1.54) is 12.1 Å². The zero-order chi connectivity index (χ0) is 19.6. The Morgan fingerprint density at radius 3 is 2.52 bits per heavy atom. The highest BCUT2D eigenvalue weighted by atomic mass is 32.2. The van der Waals surface area contributed by atoms with Gasteiger partial charge in [-0.3, -0.25) is 14.5 Å². The highest BCUT2D eigenvalue weighted by Gasteiger charge is 2.35. The van der Waals surface area contributed by atoms with Gasteiger partial charge in [0.1, 0.15) is 0 Å². The second-order valence-electron chi connectivity index (χ2n) is 7.18. The van der Waals surface area contributed by atoms with E-state index in [9.17, 15) is 18.0 Å². The number of aliphatic carboxylic acids is 1. The van der Waals surface area contributed by atoms with E-state index in [4.69, 9.17) is 5.11 Å². The summed E-state index contributed by atoms with van der Waals surface area (Å²) in [5, 5.41) is 11.8. The number of sulfonamides is 1. The smallest absolute Gasteiger partial charge is 0.317 e. The largest absolute Gasteiger partial charge is 0.480 e. The first kappa shape index (κ1) is 19.8. The van der Waals surface area contributed by atoms with Crippen molar-refractivity contribution in [2.75, 3.05) is 13.1 Å². The van der Waals surface area contributed by atoms with Crippen LogP contribution >= 0.6 is 0 Å². The van der Waals surface area contributed by atoms with E-state index in [-0.39, 0.29) is 35.5 Å². The number of benzene rings is 1. The Morgan fingerprint density at radius 1 is 1.22 bits per heavy atom. The van der Waals surface area contributed by atoms with Crippen molar-refractivity contribution in [2.24, 2.45) is 0 Å². The molecule has 1 amide bonds. The van der Waals surface area contributed by atoms with E-state index in [0.717, 1.165) is 12.8 Å². The fourth-order valence-electron chi connectivity index (χ4n) is 3.24. The van der Waals surface area contributed by atoms with Gasteiger partial charge >= 0.3 is 5.97 Å². The molecule has 0 aromatic heterocycles. The molecule has 0 heterocycles. The van der Waals surface area contributed by atoms with Crippen molar-refractivity contribution in [1.82, 2.24) is 14.9 Å². The summed E-state index contributed by atoms with van der Waals surface area (Å²) in [4.78, 5) is 25.3. The lowest BCUT2D eigenvalue weighted by molar-refractivity contribution is -0.139. The summed E-state index contributed by atoms with van der Waals surface area (Å²) in [6.45, 7) is 2.55. The van der Waals surface area contributed by atoms with Crippen LogP contribution < -0.4 is 10.0 Å². The molecule has 3 N–H and O–H groups in total. The maximum Gasteiger partial charge on any atom is 0.317 e. The molecule has 0 atom stereocenters. The van der Waals surface area contributed by atoms with Gasteiger partial charge < -0.3 is 10.4 Å². The molecule has 2 saturated carbocycles. The highest BCUT2D eigenvalue weighted by molar-refractivity contribution is 7.89. The van der Waals surface area contributed by atoms with E-state index in [1.807, 2.05) is 11.8 Å². The van der Waals surface area contributed by atoms with Gasteiger partial charge in [0.05, 0.1) is 11.4 Å². The van der Waals surface area contributed by atoms with Crippen LogP contribution in [-0.2, 0) is 14.8 Å². The van der Waals surface area contributed by atoms with Crippen LogP contribution in [0.1, 0.15) is 43.0 Å². The van der Waals surface area contributed by atoms with Crippen molar-refractivity contribution in [3.05, 3.63) is 29.8 Å². The number of amides is 1. The predicted molar refractivity (Wildman–Crippen MR) is 98.9 cm³/mol. The molecule has 8 nitrogen and oxygen atoms in total. The molecule has 0 radical (unpaired) electrons. The SMILES string of the molecule is CCN(CC(=O)O)C1CC(NC(=O)c2cccc(S(=O)(=O)NC3CC3)c2)C1. The molecule has 2 fully saturated rings. The van der Waals surface area contributed by atoms with E-state index < -0.39 is 16.0 Å². The van der Waals surface area contributed by atoms with E-state index >= 15 is 0 Å². The number of carbonyl (C=O) groups excluding carboxylic acids is 1. The Bertz CT molecular complexity index is 816. The summed E-state index contributed by atoms with van der Waals surface area (Å²) in [7, 11) is -3.60. The van der Waals surface area contributed by atoms with Crippen LogP contribution in [0.4, 0.5) is 0 Å². The Morgan fingerprint density at radius 2 is 1.93 bits per heavy atom. The van der Waals surface area contributed by atoms with Crippen LogP contribution in [0.25, 0.3) is 0 Å². The fourth-order valence-corrected chi connectivity index (χ4v) is 4.59. The maximum absolute atomic E-state index is 12.5. The third-order valence-corrected chi connectivity index (χ3v) is 6.53. The molecule has 2 aliphatic rings. The van der Waals surface area contributed by atoms with E-state index in [2.05, 4.69) is 10.0 Å². The predicted octanol–water partition coefficient (Wildman–Crippen LogP) is 0.795. The molecule has 9 heteroatoms. The molecule has 148 valence electrons. The normalized spacial score (nSPS) is 22.3. The minimum atomic E-state index is -3.60. The van der Waals surface area contributed by atoms with Gasteiger partial charge in [0.15, 0.2) is 0 Å². The average molecular weight is 395 g/mol. The van der Waals surface area contributed by atoms with Crippen molar-refractivity contribution < 1.29 is 23.1 Å². The molecule has 0 bridgehead atoms. The molecule has 3 rings (SSSR count). The molecule has 0 unspecified atom stereocenters. The monoisotopic (exact) mass is 395 g/mol. The van der Waals surface area contributed by atoms with E-state index in [1.54, 1.807) is 12.1 Å². The zero-order valence-electron chi connectivity index (χ0n) is 15.2. The van der Waals surface area contributed by atoms with Crippen molar-refractivity contribution in [3.63, 3.8) is 0 Å². The van der Waals surface area contributed by atoms with Crippen LogP contribution in [0.2, 0.25) is 0 Å². The fraction of sp³-hybridized carbons (Fsp3) is 0.556. The summed E-state index contributed by atoms with van der Waals surface area (Å²) in [6, 6.07) is 6.13. The molecule has 1 aromatic rings. The maximum atomic E-state index is 12.5. The highest BCUT2D eigenvalue weighted by Crippen LogP contribution is 2.26. The van der Waals surface area contributed by atoms with Crippen molar-refractivity contribution >= 4 is 21.9 Å². The summed E-state index contributed by atoms with van der Waals surface area (Å²) in [6.07, 6.45) is 3.07. The minimum absolute atomic E-state index is 0.00423. The number of hydrogen-bond acceptors (Lipinski definition) is 5. The van der Waals surface area contributed by atoms with Crippen LogP contribution in [-0.4, -0.2) is 61.5 Å². The van der Waals surface area contributed by atoms with Crippen LogP contribution in [0.5, 0.6) is 0 Å². The summed E-state index contributed by atoms with van der Waals surface area (Å²) in [5.74, 6) is -1.18. The van der Waals surface area contributed by atoms with Gasteiger partial charge in [0.25, 0.3) is 5.91 Å². The lowest BCUT2D eigenvalue weighted by Crippen LogP contribution is -2.54. The van der Waals surface area contributed by atoms with Gasteiger partial charge in [0.2, 0.25) is 10.0 Å². The lowest BCUT2D eigenvalue weighted by atomic mass is 9.85. The topological polar surface area (TPSA) is 116 Å². The molecule has 27 heavy (non-hydrogen) atoms. The lowest BCUT2D eigenvalue weighted by Gasteiger charge is -2.42. The molecular formula is C18H25N3O5S. The molecule has 0 spiro atoms. The van der Waals surface area contributed by atoms with E-state index in [0.29, 0.717) is 24.9 Å². The Balaban J connectivity index is 1.56. The minimum Gasteiger partial charge on any atom is -0.480 e. The molecular weight excluding hydrogens is 370 g/mol. The van der Waals surface area contributed by atoms with Gasteiger partial charge in [0, 0.05) is 23.7 Å². The molecule has 1 aromatic carbocycles. The third kappa shape index (κ3) is 5.06. The van der Waals surface area contributed by atoms with Gasteiger partial charge in [-0.25, -0.2) is 13.1 Å². The number of hydrogen-bond donors (Lipinski definition) is 3. The second kappa shape index (κ2) is 7.95. The zero-order valence-corrected chi connectivity index (χ0v) is 16.0. The first-order chi connectivity index (χ1) is 12.8. The van der Waals surface area contributed by atoms with Gasteiger partial charge in [-0.2, -0.15) is 0 Å². The van der Waals surface area contributed by atoms with Crippen LogP contribution in [0.15, 0.2) is 29.2 Å². The Hall–Kier alpha value is -1.97. The standard InChI is InChI=1S/C18H25N3O5S/c1-2-21(11-17(22)23)15-9-14(10-15)19-18(24)12-4-3-5-16(8-12)27(25,26)20-13-6-7-13/h3-5,8,13-15,20H,2,6-7,9-11H2,1H3,(H,19,24)(H,22,23). The van der Waals surface area contributed by atoms with Crippen molar-refractivity contribution in [1.29, 1.82) is 0 Å². The van der Waals surface area contributed by atoms with Crippen molar-refractivity contribution in [3.8, 4) is 0 Å². The number of nitrogens with one attached hydrogen (secondary N) is 2. The number of nitrogens with zero attached hydrogens (tertiary/aromatic N) is 1. The first-order valence-corrected chi connectivity index (χ1v) is 10.7. The number of rotatable bonds is 9. The van der Waals surface area contributed by atoms with Gasteiger partial charge in [-0.1, -0.05) is 13.0 Å². The first-order valence-electron chi connectivity index (χ1n) is 9.17. The summed E-state index contributed by atoms with van der Waals surface area (Å²) >= 11 is 0.